The molecule has 9 heteroatoms. The van der Waals surface area contributed by atoms with Crippen molar-refractivity contribution in [1.82, 2.24) is 4.98 Å². The van der Waals surface area contributed by atoms with Crippen LogP contribution < -0.4 is 10.1 Å². The van der Waals surface area contributed by atoms with Crippen LogP contribution >= 0.6 is 11.3 Å². The zero-order chi connectivity index (χ0) is 22.4. The Bertz CT molecular complexity index is 1170. The van der Waals surface area contributed by atoms with Crippen molar-refractivity contribution in [2.45, 2.75) is 17.9 Å². The van der Waals surface area contributed by atoms with Gasteiger partial charge in [0.1, 0.15) is 5.75 Å². The summed E-state index contributed by atoms with van der Waals surface area (Å²) in [5.74, 6) is 0.0735. The van der Waals surface area contributed by atoms with Crippen LogP contribution in [0.15, 0.2) is 64.9 Å². The predicted octanol–water partition coefficient (Wildman–Crippen LogP) is 3.63. The molecule has 7 nitrogen and oxygen atoms in total. The van der Waals surface area contributed by atoms with Gasteiger partial charge in [0, 0.05) is 17.0 Å². The zero-order valence-corrected chi connectivity index (χ0v) is 18.6. The number of ether oxygens (including phenoxy) is 1. The lowest BCUT2D eigenvalue weighted by molar-refractivity contribution is -0.111. The standard InChI is InChI=1S/C22H22N2O5S2/c1-15(25)14-31(27,28)19-10-3-16(4-11-19)5-12-21(26)24-22-23-20(13-30-22)17-6-8-18(29-2)9-7-17/h3-13,15,25H,14H2,1-2H3,(H,23,24,26). The van der Waals surface area contributed by atoms with Crippen LogP contribution in [-0.2, 0) is 14.6 Å². The highest BCUT2D eigenvalue weighted by Gasteiger charge is 2.16. The number of thiazole rings is 1. The summed E-state index contributed by atoms with van der Waals surface area (Å²) in [6.45, 7) is 1.43. The van der Waals surface area contributed by atoms with Crippen LogP contribution in [0.3, 0.4) is 0 Å². The molecule has 3 rings (SSSR count). The number of nitrogens with zero attached hydrogens (tertiary/aromatic N) is 1. The largest absolute Gasteiger partial charge is 0.497 e. The molecule has 1 aromatic heterocycles. The highest BCUT2D eigenvalue weighted by Crippen LogP contribution is 2.26. The maximum absolute atomic E-state index is 12.2. The van der Waals surface area contributed by atoms with Crippen LogP contribution in [-0.4, -0.2) is 43.4 Å². The van der Waals surface area contributed by atoms with Gasteiger partial charge in [0.25, 0.3) is 0 Å². The molecule has 1 atom stereocenters. The second-order valence-corrected chi connectivity index (χ2v) is 9.68. The number of benzene rings is 2. The molecule has 0 saturated carbocycles. The molecular weight excluding hydrogens is 436 g/mol. The molecule has 0 aliphatic heterocycles. The van der Waals surface area contributed by atoms with E-state index in [-0.39, 0.29) is 16.6 Å². The van der Waals surface area contributed by atoms with Gasteiger partial charge in [0.05, 0.1) is 29.6 Å². The first-order chi connectivity index (χ1) is 14.8. The lowest BCUT2D eigenvalue weighted by Gasteiger charge is -2.06. The summed E-state index contributed by atoms with van der Waals surface area (Å²) in [6, 6.07) is 13.6. The average Bonchev–Trinajstić information content (AvgIpc) is 3.20. The van der Waals surface area contributed by atoms with Crippen molar-refractivity contribution in [2.24, 2.45) is 0 Å². The number of sulfone groups is 1. The van der Waals surface area contributed by atoms with E-state index in [0.717, 1.165) is 17.0 Å². The molecule has 3 aromatic rings. The minimum absolute atomic E-state index is 0.129. The van der Waals surface area contributed by atoms with E-state index in [1.807, 2.05) is 29.6 Å². The Labute approximate surface area is 185 Å². The van der Waals surface area contributed by atoms with Gasteiger partial charge in [-0.2, -0.15) is 0 Å². The SMILES string of the molecule is COc1ccc(-c2csc(NC(=O)C=Cc3ccc(S(=O)(=O)CC(C)O)cc3)n2)cc1. The molecule has 0 aliphatic carbocycles. The molecule has 0 bridgehead atoms. The van der Waals surface area contributed by atoms with Crippen molar-refractivity contribution in [3.8, 4) is 17.0 Å². The van der Waals surface area contributed by atoms with Gasteiger partial charge in [-0.1, -0.05) is 12.1 Å². The quantitative estimate of drug-likeness (QED) is 0.500. The third-order valence-corrected chi connectivity index (χ3v) is 6.92. The van der Waals surface area contributed by atoms with E-state index >= 15 is 0 Å². The van der Waals surface area contributed by atoms with Crippen LogP contribution in [0.2, 0.25) is 0 Å². The second kappa shape index (κ2) is 9.86. The molecule has 0 aliphatic rings. The molecule has 0 spiro atoms. The van der Waals surface area contributed by atoms with Crippen molar-refractivity contribution in [3.63, 3.8) is 0 Å². The molecule has 1 heterocycles. The Morgan fingerprint density at radius 1 is 1.19 bits per heavy atom. The fourth-order valence-corrected chi connectivity index (χ4v) is 4.85. The molecule has 0 saturated heterocycles. The van der Waals surface area contributed by atoms with Gasteiger partial charge in [0.2, 0.25) is 5.91 Å². The lowest BCUT2D eigenvalue weighted by atomic mass is 10.2. The van der Waals surface area contributed by atoms with E-state index in [1.165, 1.54) is 36.5 Å². The lowest BCUT2D eigenvalue weighted by Crippen LogP contribution is -2.17. The van der Waals surface area contributed by atoms with Crippen LogP contribution in [0.25, 0.3) is 17.3 Å². The van der Waals surface area contributed by atoms with Gasteiger partial charge >= 0.3 is 0 Å². The van der Waals surface area contributed by atoms with Gasteiger partial charge in [-0.25, -0.2) is 13.4 Å². The van der Waals surface area contributed by atoms with Crippen LogP contribution in [0.1, 0.15) is 12.5 Å². The van der Waals surface area contributed by atoms with Gasteiger partial charge in [0.15, 0.2) is 15.0 Å². The van der Waals surface area contributed by atoms with Crippen LogP contribution in [0.4, 0.5) is 5.13 Å². The minimum Gasteiger partial charge on any atom is -0.497 e. The number of aliphatic hydroxyl groups is 1. The number of rotatable bonds is 8. The summed E-state index contributed by atoms with van der Waals surface area (Å²) in [4.78, 5) is 16.7. The maximum atomic E-state index is 12.2. The topological polar surface area (TPSA) is 106 Å². The van der Waals surface area contributed by atoms with Gasteiger partial charge in [-0.05, 0) is 55.0 Å². The number of nitrogens with one attached hydrogen (secondary N) is 1. The molecular formula is C22H22N2O5S2. The zero-order valence-electron chi connectivity index (χ0n) is 17.0. The van der Waals surface area contributed by atoms with Gasteiger partial charge < -0.3 is 9.84 Å². The van der Waals surface area contributed by atoms with E-state index in [4.69, 9.17) is 4.74 Å². The Balaban J connectivity index is 1.61. The van der Waals surface area contributed by atoms with Crippen molar-refractivity contribution < 1.29 is 23.1 Å². The second-order valence-electron chi connectivity index (χ2n) is 6.79. The molecule has 2 N–H and O–H groups in total. The number of methoxy groups -OCH3 is 1. The Hall–Kier alpha value is -3.01. The Kier molecular flexibility index (Phi) is 7.21. The molecule has 1 amide bonds. The average molecular weight is 459 g/mol. The third kappa shape index (κ3) is 6.24. The first-order valence-corrected chi connectivity index (χ1v) is 11.9. The summed E-state index contributed by atoms with van der Waals surface area (Å²) >= 11 is 1.32. The van der Waals surface area contributed by atoms with E-state index in [2.05, 4.69) is 10.3 Å². The molecule has 162 valence electrons. The van der Waals surface area contributed by atoms with Crippen molar-refractivity contribution in [2.75, 3.05) is 18.2 Å². The number of hydrogen-bond donors (Lipinski definition) is 2. The molecule has 31 heavy (non-hydrogen) atoms. The highest BCUT2D eigenvalue weighted by atomic mass is 32.2. The fourth-order valence-electron chi connectivity index (χ4n) is 2.74. The van der Waals surface area contributed by atoms with E-state index < -0.39 is 15.9 Å². The number of carbonyl (C=O) groups is 1. The summed E-state index contributed by atoms with van der Waals surface area (Å²) in [5.41, 5.74) is 2.34. The van der Waals surface area contributed by atoms with Crippen LogP contribution in [0.5, 0.6) is 5.75 Å². The number of hydrogen-bond acceptors (Lipinski definition) is 7. The van der Waals surface area contributed by atoms with Crippen molar-refractivity contribution >= 4 is 38.3 Å². The summed E-state index contributed by atoms with van der Waals surface area (Å²) < 4.78 is 29.4. The smallest absolute Gasteiger partial charge is 0.250 e. The first-order valence-electron chi connectivity index (χ1n) is 9.37. The molecule has 0 radical (unpaired) electrons. The highest BCUT2D eigenvalue weighted by molar-refractivity contribution is 7.91. The summed E-state index contributed by atoms with van der Waals surface area (Å²) in [6.07, 6.45) is 2.00. The Morgan fingerprint density at radius 3 is 2.48 bits per heavy atom. The Morgan fingerprint density at radius 2 is 1.87 bits per heavy atom. The third-order valence-electron chi connectivity index (χ3n) is 4.25. The number of aliphatic hydroxyl groups excluding tert-OH is 1. The number of amides is 1. The summed E-state index contributed by atoms with van der Waals surface area (Å²) in [5, 5.41) is 14.4. The van der Waals surface area contributed by atoms with E-state index in [1.54, 1.807) is 25.3 Å². The number of anilines is 1. The first kappa shape index (κ1) is 22.7. The minimum atomic E-state index is -3.54. The molecule has 2 aromatic carbocycles. The van der Waals surface area contributed by atoms with E-state index in [9.17, 15) is 18.3 Å². The monoisotopic (exact) mass is 458 g/mol. The molecule has 0 fully saturated rings. The predicted molar refractivity (Wildman–Crippen MR) is 122 cm³/mol. The summed E-state index contributed by atoms with van der Waals surface area (Å²) in [7, 11) is -1.94. The van der Waals surface area contributed by atoms with Gasteiger partial charge in [-0.3, -0.25) is 10.1 Å². The number of aromatic nitrogens is 1. The van der Waals surface area contributed by atoms with Crippen molar-refractivity contribution in [1.29, 1.82) is 0 Å². The molecule has 1 unspecified atom stereocenters. The van der Waals surface area contributed by atoms with Gasteiger partial charge in [-0.15, -0.1) is 11.3 Å². The number of carbonyl (C=O) groups excluding carboxylic acids is 1. The van der Waals surface area contributed by atoms with Crippen LogP contribution in [0, 0.1) is 0 Å². The van der Waals surface area contributed by atoms with E-state index in [0.29, 0.717) is 10.7 Å². The van der Waals surface area contributed by atoms with Crippen molar-refractivity contribution in [3.05, 3.63) is 65.6 Å². The maximum Gasteiger partial charge on any atom is 0.250 e. The normalized spacial score (nSPS) is 12.6. The fraction of sp³-hybridized carbons (Fsp3) is 0.182.